The van der Waals surface area contributed by atoms with E-state index in [2.05, 4.69) is 16.0 Å². The minimum absolute atomic E-state index is 0.0588. The summed E-state index contributed by atoms with van der Waals surface area (Å²) in [7, 11) is 0. The van der Waals surface area contributed by atoms with E-state index in [4.69, 9.17) is 0 Å². The summed E-state index contributed by atoms with van der Waals surface area (Å²) in [5, 5.41) is 8.02. The van der Waals surface area contributed by atoms with Gasteiger partial charge in [-0.05, 0) is 45.7 Å². The Hall–Kier alpha value is -2.04. The van der Waals surface area contributed by atoms with E-state index in [9.17, 15) is 9.59 Å². The minimum atomic E-state index is -0.481. The van der Waals surface area contributed by atoms with Gasteiger partial charge in [0.25, 0.3) is 0 Å². The average Bonchev–Trinajstić information content (AvgIpc) is 2.25. The predicted molar refractivity (Wildman–Crippen MR) is 80.8 cm³/mol. The Labute approximate surface area is 120 Å². The Balaban J connectivity index is 2.50. The van der Waals surface area contributed by atoms with E-state index in [1.54, 1.807) is 0 Å². The zero-order valence-electron chi connectivity index (χ0n) is 12.8. The zero-order chi connectivity index (χ0) is 15.3. The summed E-state index contributed by atoms with van der Waals surface area (Å²) >= 11 is 0. The number of hydrogen-bond acceptors (Lipinski definition) is 3. The second-order valence-corrected chi connectivity index (χ2v) is 5.87. The van der Waals surface area contributed by atoms with Gasteiger partial charge in [-0.25, -0.2) is 4.79 Å². The smallest absolute Gasteiger partial charge is 0.321 e. The lowest BCUT2D eigenvalue weighted by atomic mass is 10.1. The molecule has 1 aromatic rings. The normalized spacial score (nSPS) is 10.8. The van der Waals surface area contributed by atoms with E-state index in [1.165, 1.54) is 0 Å². The summed E-state index contributed by atoms with van der Waals surface area (Å²) in [6, 6.07) is 5.43. The van der Waals surface area contributed by atoms with Gasteiger partial charge in [0, 0.05) is 11.2 Å². The first kappa shape index (κ1) is 16.0. The predicted octanol–water partition coefficient (Wildman–Crippen LogP) is 2.34. The Morgan fingerprint density at radius 3 is 2.15 bits per heavy atom. The van der Waals surface area contributed by atoms with Crippen molar-refractivity contribution in [2.45, 2.75) is 40.2 Å². The second-order valence-electron chi connectivity index (χ2n) is 5.87. The van der Waals surface area contributed by atoms with Crippen LogP contribution < -0.4 is 16.0 Å². The molecule has 0 aliphatic rings. The SMILES string of the molecule is Cc1cccc(C)c1NCC(=O)NC(=O)NC(C)(C)C. The fourth-order valence-corrected chi connectivity index (χ4v) is 1.80. The van der Waals surface area contributed by atoms with E-state index >= 15 is 0 Å². The van der Waals surface area contributed by atoms with E-state index in [0.29, 0.717) is 0 Å². The van der Waals surface area contributed by atoms with E-state index in [0.717, 1.165) is 16.8 Å². The summed E-state index contributed by atoms with van der Waals surface area (Å²) < 4.78 is 0. The molecule has 5 heteroatoms. The fourth-order valence-electron chi connectivity index (χ4n) is 1.80. The molecule has 0 atom stereocenters. The van der Waals surface area contributed by atoms with Crippen molar-refractivity contribution in [2.75, 3.05) is 11.9 Å². The third-order valence-corrected chi connectivity index (χ3v) is 2.65. The van der Waals surface area contributed by atoms with Gasteiger partial charge >= 0.3 is 6.03 Å². The highest BCUT2D eigenvalue weighted by atomic mass is 16.2. The molecular formula is C15H23N3O2. The van der Waals surface area contributed by atoms with Crippen LogP contribution in [0.15, 0.2) is 18.2 Å². The molecule has 0 heterocycles. The van der Waals surface area contributed by atoms with Crippen molar-refractivity contribution >= 4 is 17.6 Å². The number of rotatable bonds is 3. The maximum absolute atomic E-state index is 11.7. The molecule has 0 spiro atoms. The number of urea groups is 1. The molecular weight excluding hydrogens is 254 g/mol. The van der Waals surface area contributed by atoms with Crippen LogP contribution in [0, 0.1) is 13.8 Å². The molecule has 0 unspecified atom stereocenters. The molecule has 0 fully saturated rings. The number of benzene rings is 1. The number of amides is 3. The fraction of sp³-hybridized carbons (Fsp3) is 0.467. The van der Waals surface area contributed by atoms with Crippen LogP contribution in [0.2, 0.25) is 0 Å². The first-order valence-corrected chi connectivity index (χ1v) is 6.61. The van der Waals surface area contributed by atoms with E-state index in [-0.39, 0.29) is 18.0 Å². The lowest BCUT2D eigenvalue weighted by molar-refractivity contribution is -0.118. The van der Waals surface area contributed by atoms with Crippen LogP contribution in [0.1, 0.15) is 31.9 Å². The first-order valence-electron chi connectivity index (χ1n) is 6.61. The Morgan fingerprint density at radius 2 is 1.65 bits per heavy atom. The maximum Gasteiger partial charge on any atom is 0.321 e. The lowest BCUT2D eigenvalue weighted by Crippen LogP contribution is -2.49. The van der Waals surface area contributed by atoms with Gasteiger partial charge in [0.1, 0.15) is 0 Å². The van der Waals surface area contributed by atoms with Crippen molar-refractivity contribution in [3.8, 4) is 0 Å². The molecule has 3 N–H and O–H groups in total. The molecule has 1 rings (SSSR count). The largest absolute Gasteiger partial charge is 0.376 e. The third kappa shape index (κ3) is 5.30. The molecule has 0 radical (unpaired) electrons. The highest BCUT2D eigenvalue weighted by Gasteiger charge is 2.15. The van der Waals surface area contributed by atoms with Crippen LogP contribution >= 0.6 is 0 Å². The summed E-state index contributed by atoms with van der Waals surface area (Å²) in [5.41, 5.74) is 2.69. The van der Waals surface area contributed by atoms with Gasteiger partial charge < -0.3 is 10.6 Å². The van der Waals surface area contributed by atoms with Gasteiger partial charge in [-0.3, -0.25) is 10.1 Å². The van der Waals surface area contributed by atoms with Crippen LogP contribution in [0.3, 0.4) is 0 Å². The maximum atomic E-state index is 11.7. The van der Waals surface area contributed by atoms with Crippen LogP contribution in [0.25, 0.3) is 0 Å². The van der Waals surface area contributed by atoms with Gasteiger partial charge in [-0.15, -0.1) is 0 Å². The van der Waals surface area contributed by atoms with Crippen LogP contribution in [-0.2, 0) is 4.79 Å². The first-order chi connectivity index (χ1) is 9.19. The number of carbonyl (C=O) groups excluding carboxylic acids is 2. The molecule has 110 valence electrons. The van der Waals surface area contributed by atoms with E-state index < -0.39 is 6.03 Å². The van der Waals surface area contributed by atoms with Crippen molar-refractivity contribution in [2.24, 2.45) is 0 Å². The molecule has 0 saturated carbocycles. The quantitative estimate of drug-likeness (QED) is 0.794. The molecule has 0 aromatic heterocycles. The highest BCUT2D eigenvalue weighted by Crippen LogP contribution is 2.18. The lowest BCUT2D eigenvalue weighted by Gasteiger charge is -2.20. The monoisotopic (exact) mass is 277 g/mol. The molecule has 1 aromatic carbocycles. The number of nitrogens with one attached hydrogen (secondary N) is 3. The van der Waals surface area contributed by atoms with E-state index in [1.807, 2.05) is 52.8 Å². The third-order valence-electron chi connectivity index (χ3n) is 2.65. The van der Waals surface area contributed by atoms with Crippen molar-refractivity contribution in [3.63, 3.8) is 0 Å². The molecule has 20 heavy (non-hydrogen) atoms. The summed E-state index contributed by atoms with van der Waals surface area (Å²) in [6.45, 7) is 9.56. The number of para-hydroxylation sites is 1. The molecule has 0 aliphatic carbocycles. The van der Waals surface area contributed by atoms with Crippen LogP contribution in [0.4, 0.5) is 10.5 Å². The molecule has 5 nitrogen and oxygen atoms in total. The molecule has 0 aliphatic heterocycles. The number of anilines is 1. The number of hydrogen-bond donors (Lipinski definition) is 3. The van der Waals surface area contributed by atoms with Crippen LogP contribution in [-0.4, -0.2) is 24.0 Å². The van der Waals surface area contributed by atoms with Crippen molar-refractivity contribution < 1.29 is 9.59 Å². The number of carbonyl (C=O) groups is 2. The molecule has 3 amide bonds. The van der Waals surface area contributed by atoms with Crippen LogP contribution in [0.5, 0.6) is 0 Å². The second kappa shape index (κ2) is 6.41. The topological polar surface area (TPSA) is 70.2 Å². The zero-order valence-corrected chi connectivity index (χ0v) is 12.8. The Bertz CT molecular complexity index is 484. The summed E-state index contributed by atoms with van der Waals surface area (Å²) in [6.07, 6.45) is 0. The van der Waals surface area contributed by atoms with Crippen molar-refractivity contribution in [1.82, 2.24) is 10.6 Å². The highest BCUT2D eigenvalue weighted by molar-refractivity contribution is 5.96. The number of imide groups is 1. The Kier molecular flexibility index (Phi) is 5.13. The summed E-state index contributed by atoms with van der Waals surface area (Å²) in [5.74, 6) is -0.366. The van der Waals surface area contributed by atoms with Gasteiger partial charge in [-0.1, -0.05) is 18.2 Å². The van der Waals surface area contributed by atoms with Crippen molar-refractivity contribution in [3.05, 3.63) is 29.3 Å². The standard InChI is InChI=1S/C15H23N3O2/c1-10-7-6-8-11(2)13(10)16-9-12(19)17-14(20)18-15(3,4)5/h6-8,16H,9H2,1-5H3,(H2,17,18,19,20). The molecule has 0 saturated heterocycles. The van der Waals surface area contributed by atoms with Gasteiger partial charge in [0.2, 0.25) is 5.91 Å². The van der Waals surface area contributed by atoms with Gasteiger partial charge in [0.05, 0.1) is 6.54 Å². The summed E-state index contributed by atoms with van der Waals surface area (Å²) in [4.78, 5) is 23.2. The molecule has 0 bridgehead atoms. The van der Waals surface area contributed by atoms with Gasteiger partial charge in [0.15, 0.2) is 0 Å². The Morgan fingerprint density at radius 1 is 1.10 bits per heavy atom. The van der Waals surface area contributed by atoms with Gasteiger partial charge in [-0.2, -0.15) is 0 Å². The minimum Gasteiger partial charge on any atom is -0.376 e. The number of aryl methyl sites for hydroxylation is 2. The average molecular weight is 277 g/mol. The van der Waals surface area contributed by atoms with Crippen molar-refractivity contribution in [1.29, 1.82) is 0 Å².